The molecule has 0 saturated heterocycles. The summed E-state index contributed by atoms with van der Waals surface area (Å²) in [5.74, 6) is 0.502. The Morgan fingerprint density at radius 3 is 2.34 bits per heavy atom. The van der Waals surface area contributed by atoms with E-state index in [-0.39, 0.29) is 11.8 Å². The third-order valence-corrected chi connectivity index (χ3v) is 5.16. The Morgan fingerprint density at radius 2 is 1.69 bits per heavy atom. The quantitative estimate of drug-likeness (QED) is 0.679. The number of aryl methyl sites for hydroxylation is 2. The molecular formula is C23H29N3O3. The summed E-state index contributed by atoms with van der Waals surface area (Å²) in [5.41, 5.74) is 3.63. The van der Waals surface area contributed by atoms with E-state index in [1.54, 1.807) is 7.11 Å². The molecular weight excluding hydrogens is 366 g/mol. The van der Waals surface area contributed by atoms with Crippen LogP contribution in [0.15, 0.2) is 42.5 Å². The number of methoxy groups -OCH3 is 1. The summed E-state index contributed by atoms with van der Waals surface area (Å²) in [5, 5.41) is 5.93. The lowest BCUT2D eigenvalue weighted by Gasteiger charge is -2.22. The maximum absolute atomic E-state index is 12.6. The molecule has 1 saturated carbocycles. The van der Waals surface area contributed by atoms with E-state index in [0.717, 1.165) is 29.7 Å². The van der Waals surface area contributed by atoms with E-state index >= 15 is 0 Å². The smallest absolute Gasteiger partial charge is 0.238 e. The molecule has 1 fully saturated rings. The minimum atomic E-state index is -0.0877. The largest absolute Gasteiger partial charge is 0.495 e. The summed E-state index contributed by atoms with van der Waals surface area (Å²) in [7, 11) is 1.58. The van der Waals surface area contributed by atoms with Crippen LogP contribution in [0, 0.1) is 13.8 Å². The number of para-hydroxylation sites is 3. The first kappa shape index (κ1) is 20.9. The number of carbonyl (C=O) groups is 2. The van der Waals surface area contributed by atoms with Gasteiger partial charge in [0, 0.05) is 24.7 Å². The molecule has 6 nitrogen and oxygen atoms in total. The first-order chi connectivity index (χ1) is 14.0. The molecule has 6 heteroatoms. The van der Waals surface area contributed by atoms with Crippen molar-refractivity contribution in [3.63, 3.8) is 0 Å². The van der Waals surface area contributed by atoms with E-state index < -0.39 is 0 Å². The highest BCUT2D eigenvalue weighted by atomic mass is 16.5. The Hall–Kier alpha value is -2.86. The predicted molar refractivity (Wildman–Crippen MR) is 115 cm³/mol. The zero-order valence-electron chi connectivity index (χ0n) is 17.3. The summed E-state index contributed by atoms with van der Waals surface area (Å²) in [6.45, 7) is 4.82. The minimum absolute atomic E-state index is 0.0422. The lowest BCUT2D eigenvalue weighted by atomic mass is 10.1. The van der Waals surface area contributed by atoms with Crippen LogP contribution in [0.3, 0.4) is 0 Å². The number of nitrogens with zero attached hydrogens (tertiary/aromatic N) is 1. The van der Waals surface area contributed by atoms with Crippen LogP contribution in [0.2, 0.25) is 0 Å². The van der Waals surface area contributed by atoms with Crippen molar-refractivity contribution in [1.82, 2.24) is 4.90 Å². The second-order valence-electron chi connectivity index (χ2n) is 7.52. The lowest BCUT2D eigenvalue weighted by molar-refractivity contribution is -0.119. The van der Waals surface area contributed by atoms with Gasteiger partial charge in [-0.05, 0) is 49.9 Å². The highest BCUT2D eigenvalue weighted by Gasteiger charge is 2.30. The zero-order valence-corrected chi connectivity index (χ0v) is 17.3. The molecule has 2 N–H and O–H groups in total. The first-order valence-corrected chi connectivity index (χ1v) is 10.0. The van der Waals surface area contributed by atoms with Crippen molar-refractivity contribution in [3.05, 3.63) is 53.6 Å². The van der Waals surface area contributed by atoms with Crippen molar-refractivity contribution < 1.29 is 14.3 Å². The van der Waals surface area contributed by atoms with Gasteiger partial charge in [-0.2, -0.15) is 0 Å². The van der Waals surface area contributed by atoms with Crippen molar-refractivity contribution >= 4 is 23.2 Å². The monoisotopic (exact) mass is 395 g/mol. The standard InChI is InChI=1S/C23H29N3O3/c1-16-7-6-8-17(2)23(16)25-22(28)15-26(18-11-12-18)14-13-21(27)24-19-9-4-5-10-20(19)29-3/h4-10,18H,11-15H2,1-3H3,(H,24,27)(H,25,28). The summed E-state index contributed by atoms with van der Waals surface area (Å²) in [4.78, 5) is 27.1. The fourth-order valence-electron chi connectivity index (χ4n) is 3.41. The van der Waals surface area contributed by atoms with Crippen LogP contribution < -0.4 is 15.4 Å². The summed E-state index contributed by atoms with van der Waals surface area (Å²) < 4.78 is 5.27. The van der Waals surface area contributed by atoms with Crippen LogP contribution >= 0.6 is 0 Å². The van der Waals surface area contributed by atoms with Gasteiger partial charge in [-0.25, -0.2) is 0 Å². The topological polar surface area (TPSA) is 70.7 Å². The van der Waals surface area contributed by atoms with Gasteiger partial charge in [0.05, 0.1) is 19.3 Å². The Balaban J connectivity index is 1.54. The number of anilines is 2. The molecule has 0 heterocycles. The van der Waals surface area contributed by atoms with E-state index in [2.05, 4.69) is 15.5 Å². The molecule has 2 aromatic rings. The number of carbonyl (C=O) groups excluding carboxylic acids is 2. The van der Waals surface area contributed by atoms with Crippen molar-refractivity contribution in [2.45, 2.75) is 39.2 Å². The average Bonchev–Trinajstić information content (AvgIpc) is 3.54. The van der Waals surface area contributed by atoms with Crippen LogP contribution in [-0.4, -0.2) is 43.0 Å². The second kappa shape index (κ2) is 9.56. The van der Waals surface area contributed by atoms with E-state index in [0.29, 0.717) is 37.0 Å². The number of benzene rings is 2. The van der Waals surface area contributed by atoms with E-state index in [9.17, 15) is 9.59 Å². The van der Waals surface area contributed by atoms with Crippen LogP contribution in [0.25, 0.3) is 0 Å². The molecule has 2 amide bonds. The highest BCUT2D eigenvalue weighted by Crippen LogP contribution is 2.28. The third-order valence-electron chi connectivity index (χ3n) is 5.16. The predicted octanol–water partition coefficient (Wildman–Crippen LogP) is 3.74. The second-order valence-corrected chi connectivity index (χ2v) is 7.52. The Kier molecular flexibility index (Phi) is 6.88. The zero-order chi connectivity index (χ0) is 20.8. The van der Waals surface area contributed by atoms with Gasteiger partial charge < -0.3 is 15.4 Å². The molecule has 3 rings (SSSR count). The van der Waals surface area contributed by atoms with Crippen LogP contribution in [0.4, 0.5) is 11.4 Å². The molecule has 1 aliphatic rings. The maximum Gasteiger partial charge on any atom is 0.238 e. The van der Waals surface area contributed by atoms with Crippen molar-refractivity contribution in [3.8, 4) is 5.75 Å². The number of rotatable bonds is 9. The number of nitrogens with one attached hydrogen (secondary N) is 2. The van der Waals surface area contributed by atoms with Gasteiger partial charge in [-0.1, -0.05) is 30.3 Å². The molecule has 0 radical (unpaired) electrons. The molecule has 0 bridgehead atoms. The summed E-state index contributed by atoms with van der Waals surface area (Å²) in [6, 6.07) is 13.7. The van der Waals surface area contributed by atoms with E-state index in [1.807, 2.05) is 56.3 Å². The number of amides is 2. The molecule has 0 aromatic heterocycles. The first-order valence-electron chi connectivity index (χ1n) is 10.0. The van der Waals surface area contributed by atoms with Crippen LogP contribution in [-0.2, 0) is 9.59 Å². The van der Waals surface area contributed by atoms with Gasteiger partial charge in [0.1, 0.15) is 5.75 Å². The fourth-order valence-corrected chi connectivity index (χ4v) is 3.41. The summed E-state index contributed by atoms with van der Waals surface area (Å²) in [6.07, 6.45) is 2.47. The Morgan fingerprint density at radius 1 is 1.00 bits per heavy atom. The van der Waals surface area contributed by atoms with Gasteiger partial charge in [-0.15, -0.1) is 0 Å². The number of ether oxygens (including phenoxy) is 1. The van der Waals surface area contributed by atoms with Crippen LogP contribution in [0.1, 0.15) is 30.4 Å². The highest BCUT2D eigenvalue weighted by molar-refractivity contribution is 5.94. The normalized spacial score (nSPS) is 13.2. The molecule has 0 unspecified atom stereocenters. The number of hydrogen-bond acceptors (Lipinski definition) is 4. The average molecular weight is 396 g/mol. The molecule has 0 atom stereocenters. The van der Waals surface area contributed by atoms with Gasteiger partial charge >= 0.3 is 0 Å². The molecule has 29 heavy (non-hydrogen) atoms. The maximum atomic E-state index is 12.6. The van der Waals surface area contributed by atoms with Crippen LogP contribution in [0.5, 0.6) is 5.75 Å². The van der Waals surface area contributed by atoms with Gasteiger partial charge in [0.15, 0.2) is 0 Å². The molecule has 154 valence electrons. The molecule has 1 aliphatic carbocycles. The summed E-state index contributed by atoms with van der Waals surface area (Å²) >= 11 is 0. The minimum Gasteiger partial charge on any atom is -0.495 e. The molecule has 0 spiro atoms. The van der Waals surface area contributed by atoms with Gasteiger partial charge in [0.25, 0.3) is 0 Å². The van der Waals surface area contributed by atoms with Crippen molar-refractivity contribution in [2.75, 3.05) is 30.8 Å². The number of hydrogen-bond donors (Lipinski definition) is 2. The van der Waals surface area contributed by atoms with Crippen molar-refractivity contribution in [1.29, 1.82) is 0 Å². The van der Waals surface area contributed by atoms with Gasteiger partial charge in [0.2, 0.25) is 11.8 Å². The fraction of sp³-hybridized carbons (Fsp3) is 0.391. The molecule has 0 aliphatic heterocycles. The van der Waals surface area contributed by atoms with E-state index in [1.165, 1.54) is 0 Å². The van der Waals surface area contributed by atoms with Crippen molar-refractivity contribution in [2.24, 2.45) is 0 Å². The van der Waals surface area contributed by atoms with Gasteiger partial charge in [-0.3, -0.25) is 14.5 Å². The SMILES string of the molecule is COc1ccccc1NC(=O)CCN(CC(=O)Nc1c(C)cccc1C)C1CC1. The Labute approximate surface area is 172 Å². The molecule has 2 aromatic carbocycles. The van der Waals surface area contributed by atoms with E-state index in [4.69, 9.17) is 4.74 Å². The third kappa shape index (κ3) is 5.81. The Bertz CT molecular complexity index is 857. The lowest BCUT2D eigenvalue weighted by Crippen LogP contribution is -2.37.